The van der Waals surface area contributed by atoms with Crippen LogP contribution in [0.15, 0.2) is 57.6 Å². The predicted octanol–water partition coefficient (Wildman–Crippen LogP) is 4.92. The molecule has 2 aromatic carbocycles. The normalized spacial score (nSPS) is 10.7. The van der Waals surface area contributed by atoms with E-state index in [4.69, 9.17) is 9.15 Å². The van der Waals surface area contributed by atoms with Crippen molar-refractivity contribution in [3.8, 4) is 17.1 Å². The number of hydrogen-bond acceptors (Lipinski definition) is 4. The van der Waals surface area contributed by atoms with Crippen LogP contribution in [0.25, 0.3) is 11.3 Å². The number of aryl methyl sites for hydroxylation is 1. The van der Waals surface area contributed by atoms with Gasteiger partial charge in [-0.25, -0.2) is 13.8 Å². The highest BCUT2D eigenvalue weighted by molar-refractivity contribution is 9.10. The zero-order valence-corrected chi connectivity index (χ0v) is 14.4. The number of carbonyl (C=O) groups excluding carboxylic acids is 1. The van der Waals surface area contributed by atoms with Crippen LogP contribution in [0.3, 0.4) is 0 Å². The van der Waals surface area contributed by atoms with E-state index in [-0.39, 0.29) is 30.1 Å². The van der Waals surface area contributed by atoms with E-state index >= 15 is 0 Å². The zero-order chi connectivity index (χ0) is 17.8. The molecule has 0 saturated carbocycles. The average molecular weight is 408 g/mol. The molecule has 0 N–H and O–H groups in total. The van der Waals surface area contributed by atoms with Gasteiger partial charge in [-0.05, 0) is 36.4 Å². The fraction of sp³-hybridized carbons (Fsp3) is 0.111. The minimum atomic E-state index is -0.739. The van der Waals surface area contributed by atoms with Gasteiger partial charge in [0.05, 0.1) is 18.2 Å². The number of hydrogen-bond donors (Lipinski definition) is 0. The van der Waals surface area contributed by atoms with Crippen LogP contribution >= 0.6 is 15.9 Å². The van der Waals surface area contributed by atoms with Crippen molar-refractivity contribution >= 4 is 21.9 Å². The Bertz CT molecular complexity index is 873. The molecule has 0 spiro atoms. The summed E-state index contributed by atoms with van der Waals surface area (Å²) in [5, 5.41) is 0. The topological polar surface area (TPSA) is 52.3 Å². The quantitative estimate of drug-likeness (QED) is 0.444. The lowest BCUT2D eigenvalue weighted by Crippen LogP contribution is -2.09. The van der Waals surface area contributed by atoms with Gasteiger partial charge in [0.1, 0.15) is 17.4 Å². The van der Waals surface area contributed by atoms with Gasteiger partial charge in [-0.2, -0.15) is 0 Å². The molecule has 128 valence electrons. The minimum Gasteiger partial charge on any atom is -0.441 e. The molecule has 0 unspecified atom stereocenters. The molecule has 0 amide bonds. The van der Waals surface area contributed by atoms with Gasteiger partial charge in [0, 0.05) is 10.9 Å². The molecular formula is C18H12BrF2NO3. The van der Waals surface area contributed by atoms with E-state index in [1.807, 2.05) is 0 Å². The Morgan fingerprint density at radius 1 is 1.12 bits per heavy atom. The number of halogens is 3. The van der Waals surface area contributed by atoms with Crippen molar-refractivity contribution < 1.29 is 22.7 Å². The highest BCUT2D eigenvalue weighted by atomic mass is 79.9. The van der Waals surface area contributed by atoms with Crippen LogP contribution in [-0.2, 0) is 11.2 Å². The molecule has 0 bridgehead atoms. The van der Waals surface area contributed by atoms with Gasteiger partial charge in [-0.3, -0.25) is 4.79 Å². The van der Waals surface area contributed by atoms with Crippen molar-refractivity contribution in [2.24, 2.45) is 0 Å². The summed E-state index contributed by atoms with van der Waals surface area (Å²) in [5.74, 6) is -1.33. The summed E-state index contributed by atoms with van der Waals surface area (Å²) in [6.07, 6.45) is 1.41. The Balaban J connectivity index is 1.62. The summed E-state index contributed by atoms with van der Waals surface area (Å²) in [6, 6.07) is 10.4. The van der Waals surface area contributed by atoms with Crippen LogP contribution in [-0.4, -0.2) is 11.0 Å². The molecule has 0 fully saturated rings. The molecule has 4 nitrogen and oxygen atoms in total. The fourth-order valence-corrected chi connectivity index (χ4v) is 2.43. The number of nitrogens with zero attached hydrogens (tertiary/aromatic N) is 1. The van der Waals surface area contributed by atoms with Crippen molar-refractivity contribution in [2.45, 2.75) is 12.8 Å². The van der Waals surface area contributed by atoms with Crippen molar-refractivity contribution in [3.63, 3.8) is 0 Å². The number of esters is 1. The zero-order valence-electron chi connectivity index (χ0n) is 12.8. The molecule has 1 heterocycles. The van der Waals surface area contributed by atoms with Gasteiger partial charge in [0.15, 0.2) is 11.7 Å². The number of ether oxygens (including phenoxy) is 1. The maximum Gasteiger partial charge on any atom is 0.311 e. The maximum atomic E-state index is 13.7. The molecular weight excluding hydrogens is 396 g/mol. The van der Waals surface area contributed by atoms with Crippen LogP contribution in [0.4, 0.5) is 8.78 Å². The largest absolute Gasteiger partial charge is 0.441 e. The third-order valence-electron chi connectivity index (χ3n) is 3.35. The molecule has 3 aromatic rings. The number of oxazole rings is 1. The van der Waals surface area contributed by atoms with Gasteiger partial charge in [0.25, 0.3) is 0 Å². The maximum absolute atomic E-state index is 13.7. The van der Waals surface area contributed by atoms with Crippen LogP contribution in [0.5, 0.6) is 5.75 Å². The molecule has 0 aliphatic heterocycles. The summed E-state index contributed by atoms with van der Waals surface area (Å²) in [6.45, 7) is 0. The summed E-state index contributed by atoms with van der Waals surface area (Å²) >= 11 is 3.29. The van der Waals surface area contributed by atoms with Gasteiger partial charge in [-0.1, -0.05) is 22.0 Å². The molecule has 0 saturated heterocycles. The first-order valence-electron chi connectivity index (χ1n) is 7.38. The molecule has 0 radical (unpaired) electrons. The molecule has 0 aliphatic carbocycles. The Kier molecular flexibility index (Phi) is 5.23. The summed E-state index contributed by atoms with van der Waals surface area (Å²) in [5.41, 5.74) is -0.279. The lowest BCUT2D eigenvalue weighted by Gasteiger charge is -2.03. The Hall–Kier alpha value is -2.54. The van der Waals surface area contributed by atoms with E-state index in [0.717, 1.165) is 16.6 Å². The van der Waals surface area contributed by atoms with E-state index in [1.54, 1.807) is 24.3 Å². The molecule has 7 heteroatoms. The average Bonchev–Trinajstić information content (AvgIpc) is 3.04. The molecule has 25 heavy (non-hydrogen) atoms. The standard InChI is InChI=1S/C18H12BrF2NO3/c19-11-4-6-12(7-5-11)24-17(23)9-8-16-22-10-15(25-16)18-13(20)2-1-3-14(18)21/h1-7,10H,8-9H2. The first-order valence-corrected chi connectivity index (χ1v) is 8.17. The number of benzene rings is 2. The van der Waals surface area contributed by atoms with Gasteiger partial charge in [0.2, 0.25) is 0 Å². The van der Waals surface area contributed by atoms with E-state index in [0.29, 0.717) is 5.75 Å². The first kappa shape index (κ1) is 17.3. The van der Waals surface area contributed by atoms with Crippen LogP contribution in [0.2, 0.25) is 0 Å². The van der Waals surface area contributed by atoms with E-state index in [2.05, 4.69) is 20.9 Å². The fourth-order valence-electron chi connectivity index (χ4n) is 2.17. The first-order chi connectivity index (χ1) is 12.0. The minimum absolute atomic E-state index is 0.0214. The Morgan fingerprint density at radius 2 is 1.80 bits per heavy atom. The molecule has 1 aromatic heterocycles. The smallest absolute Gasteiger partial charge is 0.311 e. The van der Waals surface area contributed by atoms with Crippen LogP contribution in [0, 0.1) is 11.6 Å². The number of rotatable bonds is 5. The SMILES string of the molecule is O=C(CCc1ncc(-c2c(F)cccc2F)o1)Oc1ccc(Br)cc1. The van der Waals surface area contributed by atoms with Gasteiger partial charge >= 0.3 is 5.97 Å². The van der Waals surface area contributed by atoms with Crippen molar-refractivity contribution in [1.82, 2.24) is 4.98 Å². The summed E-state index contributed by atoms with van der Waals surface area (Å²) < 4.78 is 38.8. The molecule has 3 rings (SSSR count). The second-order valence-electron chi connectivity index (χ2n) is 5.14. The third kappa shape index (κ3) is 4.30. The predicted molar refractivity (Wildman–Crippen MR) is 90.0 cm³/mol. The Morgan fingerprint density at radius 3 is 2.48 bits per heavy atom. The van der Waals surface area contributed by atoms with E-state index in [1.165, 1.54) is 12.3 Å². The van der Waals surface area contributed by atoms with Crippen LogP contribution in [0.1, 0.15) is 12.3 Å². The van der Waals surface area contributed by atoms with Crippen molar-refractivity contribution in [3.05, 3.63) is 70.7 Å². The van der Waals surface area contributed by atoms with Crippen molar-refractivity contribution in [1.29, 1.82) is 0 Å². The van der Waals surface area contributed by atoms with Gasteiger partial charge < -0.3 is 9.15 Å². The Labute approximate surface area is 150 Å². The van der Waals surface area contributed by atoms with E-state index in [9.17, 15) is 13.6 Å². The highest BCUT2D eigenvalue weighted by Crippen LogP contribution is 2.27. The van der Waals surface area contributed by atoms with E-state index < -0.39 is 17.6 Å². The summed E-state index contributed by atoms with van der Waals surface area (Å²) in [7, 11) is 0. The molecule has 0 atom stereocenters. The summed E-state index contributed by atoms with van der Waals surface area (Å²) in [4.78, 5) is 15.8. The van der Waals surface area contributed by atoms with Crippen molar-refractivity contribution in [2.75, 3.05) is 0 Å². The lowest BCUT2D eigenvalue weighted by molar-refractivity contribution is -0.134. The van der Waals surface area contributed by atoms with Crippen LogP contribution < -0.4 is 4.74 Å². The molecule has 0 aliphatic rings. The van der Waals surface area contributed by atoms with Gasteiger partial charge in [-0.15, -0.1) is 0 Å². The lowest BCUT2D eigenvalue weighted by atomic mass is 10.1. The monoisotopic (exact) mass is 407 g/mol. The number of aromatic nitrogens is 1. The highest BCUT2D eigenvalue weighted by Gasteiger charge is 2.16. The third-order valence-corrected chi connectivity index (χ3v) is 3.88. The second kappa shape index (κ2) is 7.57. The number of carbonyl (C=O) groups is 1. The second-order valence-corrected chi connectivity index (χ2v) is 6.06.